The third-order valence-corrected chi connectivity index (χ3v) is 10.7. The highest BCUT2D eigenvalue weighted by molar-refractivity contribution is 6.09. The highest BCUT2D eigenvalue weighted by Gasteiger charge is 2.14. The fourth-order valence-corrected chi connectivity index (χ4v) is 7.63. The number of amidine groups is 1. The van der Waals surface area contributed by atoms with Gasteiger partial charge in [0.05, 0.1) is 16.7 Å². The van der Waals surface area contributed by atoms with Crippen LogP contribution in [0.3, 0.4) is 0 Å². The van der Waals surface area contributed by atoms with Gasteiger partial charge in [0.15, 0.2) is 0 Å². The Kier molecular flexibility index (Phi) is 17.0. The van der Waals surface area contributed by atoms with Crippen molar-refractivity contribution >= 4 is 33.3 Å². The normalized spacial score (nSPS) is 11.8. The summed E-state index contributed by atoms with van der Waals surface area (Å²) in [5, 5.41) is 2.53. The van der Waals surface area contributed by atoms with Crippen LogP contribution in [0.25, 0.3) is 55.4 Å². The third-order valence-electron chi connectivity index (χ3n) is 10.7. The van der Waals surface area contributed by atoms with E-state index in [1.54, 1.807) is 0 Å². The highest BCUT2D eigenvalue weighted by Crippen LogP contribution is 2.35. The second kappa shape index (κ2) is 22.8. The number of para-hydroxylation sites is 2. The van der Waals surface area contributed by atoms with Gasteiger partial charge in [-0.05, 0) is 94.5 Å². The van der Waals surface area contributed by atoms with E-state index in [-0.39, 0.29) is 0 Å². The Morgan fingerprint density at radius 3 is 1.69 bits per heavy atom. The van der Waals surface area contributed by atoms with Gasteiger partial charge in [-0.15, -0.1) is 0 Å². The van der Waals surface area contributed by atoms with Crippen molar-refractivity contribution in [2.24, 2.45) is 10.7 Å². The van der Waals surface area contributed by atoms with Crippen LogP contribution in [0.4, 0.5) is 0 Å². The van der Waals surface area contributed by atoms with E-state index < -0.39 is 0 Å². The maximum atomic E-state index is 6.61. The minimum absolute atomic E-state index is 0.500. The van der Waals surface area contributed by atoms with Crippen molar-refractivity contribution in [3.8, 4) is 27.9 Å². The lowest BCUT2D eigenvalue weighted by Gasteiger charge is -2.17. The number of rotatable bonds is 10. The first-order valence-electron chi connectivity index (χ1n) is 22.4. The Bertz CT molecular complexity index is 2590. The average Bonchev–Trinajstić information content (AvgIpc) is 3.66. The maximum Gasteiger partial charge on any atom is 0.131 e. The van der Waals surface area contributed by atoms with E-state index in [1.165, 1.54) is 56.0 Å². The Morgan fingerprint density at radius 2 is 1.11 bits per heavy atom. The van der Waals surface area contributed by atoms with Crippen LogP contribution in [0.15, 0.2) is 181 Å². The molecular weight excluding hydrogens is 739 g/mol. The number of aromatic nitrogens is 1. The molecule has 8 aromatic rings. The van der Waals surface area contributed by atoms with Crippen molar-refractivity contribution in [3.05, 3.63) is 204 Å². The van der Waals surface area contributed by atoms with Crippen LogP contribution in [0.5, 0.6) is 0 Å². The van der Waals surface area contributed by atoms with Crippen LogP contribution in [-0.2, 0) is 6.42 Å². The van der Waals surface area contributed by atoms with E-state index in [2.05, 4.69) is 185 Å². The summed E-state index contributed by atoms with van der Waals surface area (Å²) < 4.78 is 2.35. The predicted molar refractivity (Wildman–Crippen MR) is 269 cm³/mol. The molecule has 2 N–H and O–H groups in total. The second-order valence-electron chi connectivity index (χ2n) is 14.9. The Morgan fingerprint density at radius 1 is 0.590 bits per heavy atom. The molecule has 0 spiro atoms. The maximum absolute atomic E-state index is 6.61. The Balaban J connectivity index is 0.000000951. The Labute approximate surface area is 366 Å². The molecule has 1 atom stereocenters. The van der Waals surface area contributed by atoms with Crippen LogP contribution in [0.2, 0.25) is 0 Å². The quantitative estimate of drug-likeness (QED) is 0.109. The van der Waals surface area contributed by atoms with E-state index in [4.69, 9.17) is 10.7 Å². The van der Waals surface area contributed by atoms with Gasteiger partial charge < -0.3 is 10.3 Å². The number of aliphatic imine (C=N–C) groups is 1. The zero-order valence-corrected chi connectivity index (χ0v) is 37.9. The molecule has 0 fully saturated rings. The fraction of sp³-hybridized carbons (Fsp3) is 0.224. The molecule has 0 saturated carbocycles. The summed E-state index contributed by atoms with van der Waals surface area (Å²) in [6, 6.07) is 60.4. The van der Waals surface area contributed by atoms with Crippen molar-refractivity contribution in [3.63, 3.8) is 0 Å². The first-order chi connectivity index (χ1) is 29.9. The van der Waals surface area contributed by atoms with Crippen molar-refractivity contribution in [2.45, 2.75) is 87.5 Å². The smallest absolute Gasteiger partial charge is 0.131 e. The SMILES string of the molecule is CC.CC.CCC.CCC(C)c1ccccc1-c1ccc(C/C=C(\N=C(N)c2ccccc2)c2ccc(-c3ccc(-n4c5ccccc5c5ccccc54)cc3)cc2)cc1C. The number of hydrogen-bond acceptors (Lipinski definition) is 1. The van der Waals surface area contributed by atoms with Gasteiger partial charge >= 0.3 is 0 Å². The average molecular weight is 804 g/mol. The molecule has 0 bridgehead atoms. The van der Waals surface area contributed by atoms with Crippen LogP contribution in [-0.4, -0.2) is 10.4 Å². The molecule has 1 heterocycles. The highest BCUT2D eigenvalue weighted by atomic mass is 15.0. The molecule has 0 aliphatic carbocycles. The fourth-order valence-electron chi connectivity index (χ4n) is 7.63. The topological polar surface area (TPSA) is 43.3 Å². The molecule has 3 heteroatoms. The summed E-state index contributed by atoms with van der Waals surface area (Å²) in [5.74, 6) is 1.01. The molecule has 1 unspecified atom stereocenters. The number of allylic oxidation sites excluding steroid dienone is 1. The minimum Gasteiger partial charge on any atom is -0.383 e. The standard InChI is InChI=1S/C51H45N3.C3H8.2C2H6/c1-4-35(2)43-16-8-9-17-45(43)44-32-22-37(34-36(44)3)23-33-48(53-51(52)41-14-6-5-7-15-41)40-26-24-38(25-27-40)39-28-30-42(31-29-39)54-49-20-12-10-18-46(49)47-19-11-13-21-50(47)54;1-3-2;2*1-2/h5-22,24-35H,4,23H2,1-3H3,(H2,52,53);3H2,1-2H3;2*1-2H3/b48-33-;;;. The van der Waals surface area contributed by atoms with E-state index in [0.717, 1.165) is 46.5 Å². The van der Waals surface area contributed by atoms with E-state index in [9.17, 15) is 0 Å². The first kappa shape index (κ1) is 45.6. The summed E-state index contributed by atoms with van der Waals surface area (Å²) in [6.45, 7) is 19.0. The zero-order chi connectivity index (χ0) is 43.7. The number of nitrogens with zero attached hydrogens (tertiary/aromatic N) is 2. The number of fused-ring (bicyclic) bond motifs is 3. The van der Waals surface area contributed by atoms with Crippen LogP contribution < -0.4 is 5.73 Å². The van der Waals surface area contributed by atoms with Crippen LogP contribution >= 0.6 is 0 Å². The molecule has 0 aliphatic heterocycles. The van der Waals surface area contributed by atoms with Gasteiger partial charge in [0, 0.05) is 22.0 Å². The van der Waals surface area contributed by atoms with Gasteiger partial charge in [-0.3, -0.25) is 0 Å². The van der Waals surface area contributed by atoms with Crippen LogP contribution in [0.1, 0.15) is 102 Å². The molecule has 1 aromatic heterocycles. The van der Waals surface area contributed by atoms with Gasteiger partial charge in [-0.1, -0.05) is 213 Å². The van der Waals surface area contributed by atoms with Gasteiger partial charge in [-0.25, -0.2) is 4.99 Å². The summed E-state index contributed by atoms with van der Waals surface area (Å²) in [4.78, 5) is 5.00. The van der Waals surface area contributed by atoms with Crippen LogP contribution in [0, 0.1) is 6.92 Å². The number of benzene rings is 7. The summed E-state index contributed by atoms with van der Waals surface area (Å²) in [6.07, 6.45) is 5.30. The van der Waals surface area contributed by atoms with E-state index in [0.29, 0.717) is 11.8 Å². The summed E-state index contributed by atoms with van der Waals surface area (Å²) in [5.41, 5.74) is 21.8. The molecule has 0 amide bonds. The van der Waals surface area contributed by atoms with E-state index >= 15 is 0 Å². The molecule has 7 aromatic carbocycles. The molecule has 8 rings (SSSR count). The number of nitrogens with two attached hydrogens (primary N) is 1. The van der Waals surface area contributed by atoms with Gasteiger partial charge in [0.25, 0.3) is 0 Å². The van der Waals surface area contributed by atoms with Gasteiger partial charge in [0.2, 0.25) is 0 Å². The Hall–Kier alpha value is -6.45. The monoisotopic (exact) mass is 804 g/mol. The largest absolute Gasteiger partial charge is 0.383 e. The summed E-state index contributed by atoms with van der Waals surface area (Å²) >= 11 is 0. The van der Waals surface area contributed by atoms with Crippen molar-refractivity contribution in [2.75, 3.05) is 0 Å². The van der Waals surface area contributed by atoms with Gasteiger partial charge in [0.1, 0.15) is 5.84 Å². The predicted octanol–water partition coefficient (Wildman–Crippen LogP) is 16.4. The second-order valence-corrected chi connectivity index (χ2v) is 14.9. The van der Waals surface area contributed by atoms with Crippen molar-refractivity contribution in [1.29, 1.82) is 0 Å². The minimum atomic E-state index is 0.500. The third kappa shape index (κ3) is 10.8. The lowest BCUT2D eigenvalue weighted by atomic mass is 9.88. The lowest BCUT2D eigenvalue weighted by molar-refractivity contribution is 0.735. The molecule has 0 aliphatic rings. The first-order valence-corrected chi connectivity index (χ1v) is 22.4. The number of aryl methyl sites for hydroxylation is 1. The molecule has 0 radical (unpaired) electrons. The molecule has 3 nitrogen and oxygen atoms in total. The summed E-state index contributed by atoms with van der Waals surface area (Å²) in [7, 11) is 0. The van der Waals surface area contributed by atoms with Gasteiger partial charge in [-0.2, -0.15) is 0 Å². The number of hydrogen-bond donors (Lipinski definition) is 1. The molecule has 0 saturated heterocycles. The lowest BCUT2D eigenvalue weighted by Crippen LogP contribution is -2.13. The van der Waals surface area contributed by atoms with Crippen molar-refractivity contribution in [1.82, 2.24) is 4.57 Å². The van der Waals surface area contributed by atoms with E-state index in [1.807, 2.05) is 58.0 Å². The molecule has 61 heavy (non-hydrogen) atoms. The zero-order valence-electron chi connectivity index (χ0n) is 37.9. The van der Waals surface area contributed by atoms with Crippen molar-refractivity contribution < 1.29 is 0 Å². The molecular formula is C58H65N3. The molecule has 312 valence electrons.